The summed E-state index contributed by atoms with van der Waals surface area (Å²) in [6, 6.07) is 6.29. The Hall–Kier alpha value is -1.95. The third-order valence-corrected chi connectivity index (χ3v) is 4.47. The second-order valence-electron chi connectivity index (χ2n) is 6.10. The fourth-order valence-corrected chi connectivity index (χ4v) is 3.02. The maximum Gasteiger partial charge on any atom is 0.324 e. The van der Waals surface area contributed by atoms with E-state index in [0.717, 1.165) is 23.3 Å². The lowest BCUT2D eigenvalue weighted by molar-refractivity contribution is -0.938. The molecule has 0 spiro atoms. The van der Waals surface area contributed by atoms with Gasteiger partial charge in [0.25, 0.3) is 5.91 Å². The van der Waals surface area contributed by atoms with Gasteiger partial charge in [-0.2, -0.15) is 0 Å². The monoisotopic (exact) mass is 306 g/mol. The van der Waals surface area contributed by atoms with Gasteiger partial charge < -0.3 is 10.2 Å². The van der Waals surface area contributed by atoms with Gasteiger partial charge in [0.15, 0.2) is 6.04 Å². The molecule has 1 aromatic rings. The van der Waals surface area contributed by atoms with E-state index >= 15 is 0 Å². The topological polar surface area (TPSA) is 53.9 Å². The predicted octanol–water partition coefficient (Wildman–Crippen LogP) is 0.313. The molecule has 118 valence electrons. The van der Waals surface area contributed by atoms with Gasteiger partial charge in [0, 0.05) is 31.5 Å². The van der Waals surface area contributed by atoms with Crippen LogP contribution in [0.5, 0.6) is 0 Å². The lowest BCUT2D eigenvalue weighted by Gasteiger charge is -2.27. The number of imide groups is 1. The number of carbonyl (C=O) groups is 2. The quantitative estimate of drug-likeness (QED) is 0.823. The summed E-state index contributed by atoms with van der Waals surface area (Å²) in [5, 5.41) is 2.66. The third-order valence-electron chi connectivity index (χ3n) is 4.47. The maximum atomic E-state index is 13.0. The zero-order chi connectivity index (χ0) is 15.7. The van der Waals surface area contributed by atoms with Crippen LogP contribution in [-0.4, -0.2) is 42.0 Å². The highest BCUT2D eigenvalue weighted by Gasteiger charge is 2.42. The number of nitrogens with one attached hydrogen (secondary N) is 2. The Morgan fingerprint density at radius 1 is 1.41 bits per heavy atom. The van der Waals surface area contributed by atoms with Crippen LogP contribution in [0, 0.1) is 5.82 Å². The molecule has 1 heterocycles. The van der Waals surface area contributed by atoms with E-state index < -0.39 is 0 Å². The van der Waals surface area contributed by atoms with Crippen molar-refractivity contribution in [2.75, 3.05) is 13.1 Å². The van der Waals surface area contributed by atoms with Crippen LogP contribution in [0.1, 0.15) is 25.3 Å². The summed E-state index contributed by atoms with van der Waals surface area (Å²) >= 11 is 0. The van der Waals surface area contributed by atoms with Gasteiger partial charge in [-0.25, -0.2) is 9.18 Å². The van der Waals surface area contributed by atoms with E-state index in [4.69, 9.17) is 0 Å². The normalized spacial score (nSPS) is 20.6. The molecule has 1 aliphatic carbocycles. The van der Waals surface area contributed by atoms with E-state index in [1.807, 2.05) is 6.92 Å². The van der Waals surface area contributed by atoms with Gasteiger partial charge in [0.05, 0.1) is 6.04 Å². The molecule has 5 nitrogen and oxygen atoms in total. The molecule has 3 rings (SSSR count). The number of rotatable bonds is 5. The van der Waals surface area contributed by atoms with Crippen molar-refractivity contribution < 1.29 is 18.9 Å². The first-order valence-corrected chi connectivity index (χ1v) is 7.75. The molecule has 22 heavy (non-hydrogen) atoms. The van der Waals surface area contributed by atoms with Crippen LogP contribution in [0.2, 0.25) is 0 Å². The van der Waals surface area contributed by atoms with E-state index in [-0.39, 0.29) is 23.8 Å². The van der Waals surface area contributed by atoms with Gasteiger partial charge >= 0.3 is 6.03 Å². The molecule has 2 N–H and O–H groups in total. The fraction of sp³-hybridized carbons (Fsp3) is 0.500. The molecule has 2 fully saturated rings. The Labute approximate surface area is 129 Å². The van der Waals surface area contributed by atoms with Crippen LogP contribution in [0.15, 0.2) is 24.3 Å². The zero-order valence-electron chi connectivity index (χ0n) is 12.6. The Balaban J connectivity index is 1.71. The van der Waals surface area contributed by atoms with Crippen molar-refractivity contribution in [2.24, 2.45) is 0 Å². The number of carbonyl (C=O) groups excluding carboxylic acids is 2. The molecule has 0 radical (unpaired) electrons. The zero-order valence-corrected chi connectivity index (χ0v) is 12.6. The molecule has 0 aromatic heterocycles. The molecule has 0 bridgehead atoms. The fourth-order valence-electron chi connectivity index (χ4n) is 3.02. The Morgan fingerprint density at radius 3 is 2.64 bits per heavy atom. The summed E-state index contributed by atoms with van der Waals surface area (Å²) in [6.45, 7) is 3.52. The van der Waals surface area contributed by atoms with Gasteiger partial charge in [0.1, 0.15) is 12.4 Å². The van der Waals surface area contributed by atoms with E-state index in [1.54, 1.807) is 12.1 Å². The van der Waals surface area contributed by atoms with Crippen LogP contribution in [0.4, 0.5) is 9.18 Å². The maximum absolute atomic E-state index is 13.0. The van der Waals surface area contributed by atoms with Crippen molar-refractivity contribution in [3.05, 3.63) is 35.6 Å². The van der Waals surface area contributed by atoms with Gasteiger partial charge in [-0.15, -0.1) is 0 Å². The smallest absolute Gasteiger partial charge is 0.324 e. The minimum Gasteiger partial charge on any atom is -0.336 e. The molecule has 1 saturated heterocycles. The second kappa shape index (κ2) is 6.04. The first-order valence-electron chi connectivity index (χ1n) is 7.75. The van der Waals surface area contributed by atoms with Gasteiger partial charge in [-0.3, -0.25) is 9.69 Å². The van der Waals surface area contributed by atoms with Crippen LogP contribution in [0.25, 0.3) is 0 Å². The minimum atomic E-state index is -0.297. The molecule has 2 atom stereocenters. The number of amides is 3. The number of hydrogen-bond acceptors (Lipinski definition) is 2. The molecule has 1 aromatic carbocycles. The summed E-state index contributed by atoms with van der Waals surface area (Å²) in [7, 11) is 0. The number of urea groups is 1. The number of benzene rings is 1. The first kappa shape index (κ1) is 15.0. The SMILES string of the molecule is C[C@H](C(=O)N1CCNC1=O)[NH+](Cc1ccc(F)cc1)C1CC1. The molecule has 2 aliphatic rings. The molecular weight excluding hydrogens is 285 g/mol. The minimum absolute atomic E-state index is 0.126. The van der Waals surface area contributed by atoms with Crippen LogP contribution >= 0.6 is 0 Å². The standard InChI is InChI=1S/C16H20FN3O2/c1-11(15(21)19-9-8-18-16(19)22)20(14-6-7-14)10-12-2-4-13(17)5-3-12/h2-5,11,14H,6-10H2,1H3,(H,18,22)/p+1/t11-/m1/s1. The van der Waals surface area contributed by atoms with Crippen LogP contribution in [-0.2, 0) is 11.3 Å². The Kier molecular flexibility index (Phi) is 4.11. The van der Waals surface area contributed by atoms with Crippen molar-refractivity contribution >= 4 is 11.9 Å². The largest absolute Gasteiger partial charge is 0.336 e. The summed E-state index contributed by atoms with van der Waals surface area (Å²) in [6.07, 6.45) is 2.20. The van der Waals surface area contributed by atoms with Crippen LogP contribution in [0.3, 0.4) is 0 Å². The molecular formula is C16H21FN3O2+. The highest BCUT2D eigenvalue weighted by Crippen LogP contribution is 2.17. The van der Waals surface area contributed by atoms with Crippen molar-refractivity contribution in [1.29, 1.82) is 0 Å². The highest BCUT2D eigenvalue weighted by molar-refractivity contribution is 5.97. The van der Waals surface area contributed by atoms with E-state index in [2.05, 4.69) is 5.32 Å². The number of quaternary nitrogens is 1. The average molecular weight is 306 g/mol. The third kappa shape index (κ3) is 3.11. The second-order valence-corrected chi connectivity index (χ2v) is 6.10. The van der Waals surface area contributed by atoms with Crippen molar-refractivity contribution in [2.45, 2.75) is 38.4 Å². The lowest BCUT2D eigenvalue weighted by atomic mass is 10.1. The van der Waals surface area contributed by atoms with E-state index in [9.17, 15) is 14.0 Å². The average Bonchev–Trinajstić information content (AvgIpc) is 3.26. The predicted molar refractivity (Wildman–Crippen MR) is 78.7 cm³/mol. The summed E-state index contributed by atoms with van der Waals surface area (Å²) < 4.78 is 13.0. The first-order chi connectivity index (χ1) is 10.6. The van der Waals surface area contributed by atoms with Gasteiger partial charge in [0.2, 0.25) is 0 Å². The number of nitrogens with zero attached hydrogens (tertiary/aromatic N) is 1. The number of hydrogen-bond donors (Lipinski definition) is 2. The van der Waals surface area contributed by atoms with E-state index in [1.165, 1.54) is 17.0 Å². The Bertz CT molecular complexity index is 571. The summed E-state index contributed by atoms with van der Waals surface area (Å²) in [4.78, 5) is 26.7. The van der Waals surface area contributed by atoms with Crippen molar-refractivity contribution in [3.63, 3.8) is 0 Å². The summed E-state index contributed by atoms with van der Waals surface area (Å²) in [5.41, 5.74) is 1.01. The van der Waals surface area contributed by atoms with E-state index in [0.29, 0.717) is 25.7 Å². The van der Waals surface area contributed by atoms with Crippen molar-refractivity contribution in [3.8, 4) is 0 Å². The van der Waals surface area contributed by atoms with Gasteiger partial charge in [-0.1, -0.05) is 12.1 Å². The Morgan fingerprint density at radius 2 is 2.09 bits per heavy atom. The van der Waals surface area contributed by atoms with Gasteiger partial charge in [-0.05, 0) is 19.1 Å². The number of halogens is 1. The molecule has 6 heteroatoms. The molecule has 1 aliphatic heterocycles. The molecule has 1 saturated carbocycles. The summed E-state index contributed by atoms with van der Waals surface area (Å²) in [5.74, 6) is -0.381. The van der Waals surface area contributed by atoms with Crippen molar-refractivity contribution in [1.82, 2.24) is 10.2 Å². The molecule has 1 unspecified atom stereocenters. The molecule has 3 amide bonds. The lowest BCUT2D eigenvalue weighted by Crippen LogP contribution is -3.16. The highest BCUT2D eigenvalue weighted by atomic mass is 19.1. The van der Waals surface area contributed by atoms with Crippen LogP contribution < -0.4 is 10.2 Å².